The van der Waals surface area contributed by atoms with Gasteiger partial charge in [0, 0.05) is 23.2 Å². The number of hydrogen-bond acceptors (Lipinski definition) is 2. The molecule has 2 fully saturated rings. The van der Waals surface area contributed by atoms with Gasteiger partial charge in [-0.05, 0) is 30.5 Å². The minimum Gasteiger partial charge on any atom is -0.325 e. The van der Waals surface area contributed by atoms with Gasteiger partial charge in [-0.25, -0.2) is 0 Å². The summed E-state index contributed by atoms with van der Waals surface area (Å²) in [4.78, 5) is 14.8. The third kappa shape index (κ3) is 2.99. The second kappa shape index (κ2) is 6.40. The normalized spacial score (nSPS) is 24.1. The Kier molecular flexibility index (Phi) is 4.57. The highest BCUT2D eigenvalue weighted by Gasteiger charge is 2.34. The second-order valence-electron chi connectivity index (χ2n) is 5.64. The SMILES string of the molecule is O=C(C1CCCCC1)N1CCS[C@@H]1c1cccc(Cl)c1. The number of amides is 1. The van der Waals surface area contributed by atoms with Crippen molar-refractivity contribution in [2.75, 3.05) is 12.3 Å². The van der Waals surface area contributed by atoms with Gasteiger partial charge in [-0.3, -0.25) is 4.79 Å². The monoisotopic (exact) mass is 309 g/mol. The molecule has 0 spiro atoms. The average molecular weight is 310 g/mol. The van der Waals surface area contributed by atoms with Gasteiger partial charge in [-0.2, -0.15) is 0 Å². The lowest BCUT2D eigenvalue weighted by molar-refractivity contribution is -0.136. The number of carbonyl (C=O) groups excluding carboxylic acids is 1. The summed E-state index contributed by atoms with van der Waals surface area (Å²) in [5.74, 6) is 1.64. The van der Waals surface area contributed by atoms with Crippen molar-refractivity contribution in [3.8, 4) is 0 Å². The quantitative estimate of drug-likeness (QED) is 0.802. The van der Waals surface area contributed by atoms with Crippen LogP contribution in [0.5, 0.6) is 0 Å². The van der Waals surface area contributed by atoms with E-state index in [2.05, 4.69) is 11.0 Å². The van der Waals surface area contributed by atoms with Crippen LogP contribution in [0.3, 0.4) is 0 Å². The Balaban J connectivity index is 1.76. The molecule has 1 saturated heterocycles. The summed E-state index contributed by atoms with van der Waals surface area (Å²) < 4.78 is 0. The number of nitrogens with zero attached hydrogens (tertiary/aromatic N) is 1. The first kappa shape index (κ1) is 14.3. The summed E-state index contributed by atoms with van der Waals surface area (Å²) in [5, 5.41) is 0.906. The lowest BCUT2D eigenvalue weighted by Gasteiger charge is -2.30. The molecular weight excluding hydrogens is 290 g/mol. The molecule has 2 aliphatic rings. The van der Waals surface area contributed by atoms with Gasteiger partial charge in [0.1, 0.15) is 5.37 Å². The van der Waals surface area contributed by atoms with E-state index >= 15 is 0 Å². The molecule has 4 heteroatoms. The zero-order chi connectivity index (χ0) is 13.9. The lowest BCUT2D eigenvalue weighted by Crippen LogP contribution is -2.36. The molecule has 20 heavy (non-hydrogen) atoms. The molecule has 2 nitrogen and oxygen atoms in total. The molecule has 1 atom stereocenters. The minimum atomic E-state index is 0.156. The number of thioether (sulfide) groups is 1. The largest absolute Gasteiger partial charge is 0.325 e. The lowest BCUT2D eigenvalue weighted by atomic mass is 9.88. The molecule has 1 aromatic carbocycles. The molecule has 1 aliphatic carbocycles. The molecule has 1 aromatic rings. The van der Waals surface area contributed by atoms with E-state index in [0.717, 1.165) is 35.7 Å². The highest BCUT2D eigenvalue weighted by molar-refractivity contribution is 7.99. The van der Waals surface area contributed by atoms with E-state index in [1.165, 1.54) is 19.3 Å². The van der Waals surface area contributed by atoms with Crippen molar-refractivity contribution in [3.63, 3.8) is 0 Å². The predicted octanol–water partition coefficient (Wildman–Crippen LogP) is 4.49. The molecule has 0 bridgehead atoms. The summed E-state index contributed by atoms with van der Waals surface area (Å²) in [6, 6.07) is 7.93. The maximum atomic E-state index is 12.7. The zero-order valence-corrected chi connectivity index (χ0v) is 13.1. The Bertz CT molecular complexity index is 487. The van der Waals surface area contributed by atoms with E-state index in [-0.39, 0.29) is 11.3 Å². The molecule has 3 rings (SSSR count). The van der Waals surface area contributed by atoms with Gasteiger partial charge in [0.05, 0.1) is 0 Å². The summed E-state index contributed by atoms with van der Waals surface area (Å²) in [5.41, 5.74) is 1.16. The number of hydrogen-bond donors (Lipinski definition) is 0. The van der Waals surface area contributed by atoms with Crippen molar-refractivity contribution in [2.45, 2.75) is 37.5 Å². The fourth-order valence-electron chi connectivity index (χ4n) is 3.22. The zero-order valence-electron chi connectivity index (χ0n) is 11.6. The van der Waals surface area contributed by atoms with Crippen molar-refractivity contribution in [2.24, 2.45) is 5.92 Å². The average Bonchev–Trinajstić information content (AvgIpc) is 2.97. The van der Waals surface area contributed by atoms with Crippen LogP contribution in [0.25, 0.3) is 0 Å². The Labute approximate surface area is 129 Å². The summed E-state index contributed by atoms with van der Waals surface area (Å²) >= 11 is 7.94. The Morgan fingerprint density at radius 3 is 2.80 bits per heavy atom. The van der Waals surface area contributed by atoms with Crippen LogP contribution in [0, 0.1) is 5.92 Å². The third-order valence-corrected chi connectivity index (χ3v) is 5.76. The van der Waals surface area contributed by atoms with Crippen LogP contribution in [0.1, 0.15) is 43.0 Å². The van der Waals surface area contributed by atoms with E-state index in [1.54, 1.807) is 0 Å². The molecule has 0 aromatic heterocycles. The molecule has 0 N–H and O–H groups in total. The predicted molar refractivity (Wildman–Crippen MR) is 84.9 cm³/mol. The van der Waals surface area contributed by atoms with Gasteiger partial charge in [-0.15, -0.1) is 11.8 Å². The van der Waals surface area contributed by atoms with Gasteiger partial charge >= 0.3 is 0 Å². The van der Waals surface area contributed by atoms with Crippen LogP contribution in [0.4, 0.5) is 0 Å². The molecular formula is C16H20ClNOS. The van der Waals surface area contributed by atoms with Crippen molar-refractivity contribution in [1.29, 1.82) is 0 Å². The highest BCUT2D eigenvalue weighted by atomic mass is 35.5. The number of halogens is 1. The van der Waals surface area contributed by atoms with Crippen molar-refractivity contribution < 1.29 is 4.79 Å². The van der Waals surface area contributed by atoms with Crippen LogP contribution in [0.2, 0.25) is 5.02 Å². The van der Waals surface area contributed by atoms with Crippen LogP contribution >= 0.6 is 23.4 Å². The van der Waals surface area contributed by atoms with Gasteiger partial charge in [-0.1, -0.05) is 43.0 Å². The molecule has 1 heterocycles. The smallest absolute Gasteiger partial charge is 0.226 e. The van der Waals surface area contributed by atoms with E-state index in [9.17, 15) is 4.79 Å². The van der Waals surface area contributed by atoms with Gasteiger partial charge < -0.3 is 4.90 Å². The van der Waals surface area contributed by atoms with Gasteiger partial charge in [0.2, 0.25) is 5.91 Å². The first-order chi connectivity index (χ1) is 9.75. The molecule has 0 unspecified atom stereocenters. The Morgan fingerprint density at radius 2 is 2.05 bits per heavy atom. The number of benzene rings is 1. The summed E-state index contributed by atoms with van der Waals surface area (Å²) in [6.45, 7) is 0.872. The van der Waals surface area contributed by atoms with Crippen LogP contribution in [-0.4, -0.2) is 23.1 Å². The third-order valence-electron chi connectivity index (χ3n) is 4.26. The van der Waals surface area contributed by atoms with E-state index < -0.39 is 0 Å². The maximum absolute atomic E-state index is 12.7. The molecule has 108 valence electrons. The fourth-order valence-corrected chi connectivity index (χ4v) is 4.67. The van der Waals surface area contributed by atoms with Crippen LogP contribution < -0.4 is 0 Å². The minimum absolute atomic E-state index is 0.156. The fraction of sp³-hybridized carbons (Fsp3) is 0.562. The molecule has 1 amide bonds. The van der Waals surface area contributed by atoms with Crippen LogP contribution in [0.15, 0.2) is 24.3 Å². The molecule has 0 radical (unpaired) electrons. The Morgan fingerprint density at radius 1 is 1.25 bits per heavy atom. The van der Waals surface area contributed by atoms with Crippen molar-refractivity contribution in [1.82, 2.24) is 4.90 Å². The van der Waals surface area contributed by atoms with E-state index in [1.807, 2.05) is 30.0 Å². The van der Waals surface area contributed by atoms with Crippen LogP contribution in [-0.2, 0) is 4.79 Å². The maximum Gasteiger partial charge on any atom is 0.226 e. The summed E-state index contributed by atoms with van der Waals surface area (Å²) in [7, 11) is 0. The van der Waals surface area contributed by atoms with Gasteiger partial charge in [0.25, 0.3) is 0 Å². The van der Waals surface area contributed by atoms with E-state index in [4.69, 9.17) is 11.6 Å². The summed E-state index contributed by atoms with van der Waals surface area (Å²) in [6.07, 6.45) is 5.85. The van der Waals surface area contributed by atoms with Gasteiger partial charge in [0.15, 0.2) is 0 Å². The number of carbonyl (C=O) groups is 1. The first-order valence-electron chi connectivity index (χ1n) is 7.43. The van der Waals surface area contributed by atoms with E-state index in [0.29, 0.717) is 5.91 Å². The topological polar surface area (TPSA) is 20.3 Å². The standard InChI is InChI=1S/C16H20ClNOS/c17-14-8-4-7-13(11-14)16-18(9-10-20-16)15(19)12-5-2-1-3-6-12/h4,7-8,11-12,16H,1-3,5-6,9-10H2/t16-/m1/s1. The number of rotatable bonds is 2. The molecule has 1 saturated carbocycles. The van der Waals surface area contributed by atoms with Crippen molar-refractivity contribution >= 4 is 29.3 Å². The second-order valence-corrected chi connectivity index (χ2v) is 7.27. The highest BCUT2D eigenvalue weighted by Crippen LogP contribution is 2.40. The Hall–Kier alpha value is -0.670. The first-order valence-corrected chi connectivity index (χ1v) is 8.86. The molecule has 1 aliphatic heterocycles. The van der Waals surface area contributed by atoms with Crippen molar-refractivity contribution in [3.05, 3.63) is 34.9 Å².